The van der Waals surface area contributed by atoms with Crippen molar-refractivity contribution in [3.8, 4) is 0 Å². The largest absolute Gasteiger partial charge is 0.383 e. The van der Waals surface area contributed by atoms with E-state index in [1.54, 1.807) is 11.8 Å². The van der Waals surface area contributed by atoms with Crippen LogP contribution in [-0.4, -0.2) is 41.0 Å². The van der Waals surface area contributed by atoms with Gasteiger partial charge in [-0.2, -0.15) is 5.10 Å². The highest BCUT2D eigenvalue weighted by Gasteiger charge is 2.16. The van der Waals surface area contributed by atoms with Crippen LogP contribution in [0.4, 0.5) is 0 Å². The molecule has 0 N–H and O–H groups in total. The number of methoxy groups -OCH3 is 1. The number of ether oxygens (including phenoxy) is 1. The average Bonchev–Trinajstić information content (AvgIpc) is 2.49. The van der Waals surface area contributed by atoms with Gasteiger partial charge < -0.3 is 4.74 Å². The van der Waals surface area contributed by atoms with Crippen molar-refractivity contribution in [2.45, 2.75) is 33.4 Å². The number of halogens is 1. The molecule has 1 aromatic heterocycles. The molecule has 0 aliphatic heterocycles. The van der Waals surface area contributed by atoms with E-state index in [4.69, 9.17) is 16.3 Å². The van der Waals surface area contributed by atoms with E-state index in [1.165, 1.54) is 0 Å². The summed E-state index contributed by atoms with van der Waals surface area (Å²) in [7, 11) is 3.59. The fraction of sp³-hybridized carbons (Fsp3) is 0.750. The molecule has 98 valence electrons. The van der Waals surface area contributed by atoms with Crippen LogP contribution in [0.25, 0.3) is 0 Å². The quantitative estimate of drug-likeness (QED) is 0.785. The van der Waals surface area contributed by atoms with Crippen molar-refractivity contribution in [3.05, 3.63) is 16.4 Å². The molecule has 0 aliphatic rings. The zero-order valence-electron chi connectivity index (χ0n) is 11.3. The number of rotatable bonds is 6. The first kappa shape index (κ1) is 14.5. The van der Waals surface area contributed by atoms with Crippen LogP contribution in [0.1, 0.15) is 25.1 Å². The lowest BCUT2D eigenvalue weighted by atomic mass is 10.2. The van der Waals surface area contributed by atoms with Crippen LogP contribution in [0.2, 0.25) is 5.15 Å². The van der Waals surface area contributed by atoms with E-state index in [9.17, 15) is 0 Å². The van der Waals surface area contributed by atoms with Crippen molar-refractivity contribution < 1.29 is 4.74 Å². The third-order valence-corrected chi connectivity index (χ3v) is 3.42. The maximum absolute atomic E-state index is 6.24. The van der Waals surface area contributed by atoms with Crippen LogP contribution in [-0.2, 0) is 18.3 Å². The van der Waals surface area contributed by atoms with Crippen molar-refractivity contribution in [2.24, 2.45) is 7.05 Å². The third-order valence-electron chi connectivity index (χ3n) is 2.94. The van der Waals surface area contributed by atoms with E-state index < -0.39 is 0 Å². The molecule has 0 amide bonds. The summed E-state index contributed by atoms with van der Waals surface area (Å²) >= 11 is 6.24. The molecule has 0 saturated heterocycles. The molecule has 0 aliphatic carbocycles. The first-order valence-corrected chi connectivity index (χ1v) is 6.26. The molecule has 0 radical (unpaired) electrons. The second-order valence-corrected chi connectivity index (χ2v) is 4.89. The Morgan fingerprint density at radius 1 is 1.47 bits per heavy atom. The minimum Gasteiger partial charge on any atom is -0.383 e. The summed E-state index contributed by atoms with van der Waals surface area (Å²) in [6.07, 6.45) is 0. The number of aryl methyl sites for hydroxylation is 2. The molecule has 5 heteroatoms. The highest BCUT2D eigenvalue weighted by molar-refractivity contribution is 6.30. The van der Waals surface area contributed by atoms with Gasteiger partial charge in [-0.25, -0.2) is 0 Å². The molecule has 0 unspecified atom stereocenters. The maximum atomic E-state index is 6.24. The van der Waals surface area contributed by atoms with Crippen molar-refractivity contribution in [3.63, 3.8) is 0 Å². The highest BCUT2D eigenvalue weighted by Crippen LogP contribution is 2.21. The molecule has 4 nitrogen and oxygen atoms in total. The second kappa shape index (κ2) is 6.38. The Morgan fingerprint density at radius 3 is 2.53 bits per heavy atom. The number of aromatic nitrogens is 2. The van der Waals surface area contributed by atoms with Crippen LogP contribution in [0.15, 0.2) is 0 Å². The lowest BCUT2D eigenvalue weighted by Gasteiger charge is -2.26. The van der Waals surface area contributed by atoms with Gasteiger partial charge in [0.25, 0.3) is 0 Å². The summed E-state index contributed by atoms with van der Waals surface area (Å²) in [4.78, 5) is 2.33. The van der Waals surface area contributed by atoms with Crippen LogP contribution >= 0.6 is 11.6 Å². The van der Waals surface area contributed by atoms with Crippen molar-refractivity contribution >= 4 is 11.6 Å². The van der Waals surface area contributed by atoms with E-state index in [1.807, 2.05) is 14.0 Å². The minimum absolute atomic E-state index is 0.459. The Labute approximate surface area is 108 Å². The fourth-order valence-electron chi connectivity index (χ4n) is 1.78. The average molecular weight is 260 g/mol. The molecule has 0 saturated carbocycles. The Hall–Kier alpha value is -0.580. The van der Waals surface area contributed by atoms with E-state index in [0.717, 1.165) is 36.1 Å². The molecule has 1 aromatic rings. The molecule has 1 heterocycles. The molecule has 0 bridgehead atoms. The Morgan fingerprint density at radius 2 is 2.12 bits per heavy atom. The number of hydrogen-bond donors (Lipinski definition) is 0. The van der Waals surface area contributed by atoms with Gasteiger partial charge in [0.15, 0.2) is 0 Å². The second-order valence-electron chi connectivity index (χ2n) is 4.54. The third kappa shape index (κ3) is 3.69. The fourth-order valence-corrected chi connectivity index (χ4v) is 2.02. The predicted molar refractivity (Wildman–Crippen MR) is 70.4 cm³/mol. The molecule has 1 rings (SSSR count). The number of hydrogen-bond acceptors (Lipinski definition) is 3. The monoisotopic (exact) mass is 259 g/mol. The topological polar surface area (TPSA) is 30.3 Å². The highest BCUT2D eigenvalue weighted by atomic mass is 35.5. The molecule has 0 spiro atoms. The van der Waals surface area contributed by atoms with E-state index in [-0.39, 0.29) is 0 Å². The van der Waals surface area contributed by atoms with Crippen LogP contribution in [0.3, 0.4) is 0 Å². The molecular weight excluding hydrogens is 238 g/mol. The normalized spacial score (nSPS) is 11.8. The van der Waals surface area contributed by atoms with Gasteiger partial charge in [-0.15, -0.1) is 0 Å². The summed E-state index contributed by atoms with van der Waals surface area (Å²) < 4.78 is 6.85. The SMILES string of the molecule is COCCN(Cc1c(C)nn(C)c1Cl)C(C)C. The van der Waals surface area contributed by atoms with Gasteiger partial charge in [0.05, 0.1) is 12.3 Å². The van der Waals surface area contributed by atoms with Gasteiger partial charge in [-0.1, -0.05) is 11.6 Å². The first-order chi connectivity index (χ1) is 7.97. The summed E-state index contributed by atoms with van der Waals surface area (Å²) in [6.45, 7) is 8.80. The molecule has 0 atom stereocenters. The smallest absolute Gasteiger partial charge is 0.131 e. The lowest BCUT2D eigenvalue weighted by molar-refractivity contribution is 0.125. The zero-order chi connectivity index (χ0) is 13.0. The van der Waals surface area contributed by atoms with Gasteiger partial charge in [0.2, 0.25) is 0 Å². The van der Waals surface area contributed by atoms with E-state index in [2.05, 4.69) is 23.8 Å². The molecular formula is C12H22ClN3O. The van der Waals surface area contributed by atoms with Crippen LogP contribution in [0, 0.1) is 6.92 Å². The Balaban J connectivity index is 2.78. The van der Waals surface area contributed by atoms with Crippen molar-refractivity contribution in [2.75, 3.05) is 20.3 Å². The van der Waals surface area contributed by atoms with E-state index in [0.29, 0.717) is 6.04 Å². The minimum atomic E-state index is 0.459. The van der Waals surface area contributed by atoms with Gasteiger partial charge >= 0.3 is 0 Å². The van der Waals surface area contributed by atoms with Crippen LogP contribution in [0.5, 0.6) is 0 Å². The van der Waals surface area contributed by atoms with Crippen molar-refractivity contribution in [1.82, 2.24) is 14.7 Å². The summed E-state index contributed by atoms with van der Waals surface area (Å²) in [5.74, 6) is 0. The summed E-state index contributed by atoms with van der Waals surface area (Å²) in [5, 5.41) is 5.06. The Bertz CT molecular complexity index is 363. The molecule has 0 fully saturated rings. The van der Waals surface area contributed by atoms with Crippen molar-refractivity contribution in [1.29, 1.82) is 0 Å². The standard InChI is InChI=1S/C12H22ClN3O/c1-9(2)16(6-7-17-5)8-11-10(3)14-15(4)12(11)13/h9H,6-8H2,1-5H3. The van der Waals surface area contributed by atoms with Gasteiger partial charge in [0, 0.05) is 38.9 Å². The summed E-state index contributed by atoms with van der Waals surface area (Å²) in [5.41, 5.74) is 2.11. The molecule has 0 aromatic carbocycles. The van der Waals surface area contributed by atoms with E-state index >= 15 is 0 Å². The predicted octanol–water partition coefficient (Wildman–Crippen LogP) is 2.24. The lowest BCUT2D eigenvalue weighted by Crippen LogP contribution is -2.33. The van der Waals surface area contributed by atoms with Crippen LogP contribution < -0.4 is 0 Å². The van der Waals surface area contributed by atoms with Gasteiger partial charge in [0.1, 0.15) is 5.15 Å². The van der Waals surface area contributed by atoms with Gasteiger partial charge in [-0.05, 0) is 20.8 Å². The number of nitrogens with zero attached hydrogens (tertiary/aromatic N) is 3. The maximum Gasteiger partial charge on any atom is 0.131 e. The molecule has 17 heavy (non-hydrogen) atoms. The summed E-state index contributed by atoms with van der Waals surface area (Å²) in [6, 6.07) is 0.459. The Kier molecular flexibility index (Phi) is 5.43. The first-order valence-electron chi connectivity index (χ1n) is 5.88. The zero-order valence-corrected chi connectivity index (χ0v) is 12.1. The van der Waals surface area contributed by atoms with Gasteiger partial charge in [-0.3, -0.25) is 9.58 Å².